The number of aryl methyl sites for hydroxylation is 1. The molecule has 1 amide bonds. The first-order valence-corrected chi connectivity index (χ1v) is 11.6. The van der Waals surface area contributed by atoms with Crippen LogP contribution in [0.5, 0.6) is 0 Å². The molecule has 0 unspecified atom stereocenters. The van der Waals surface area contributed by atoms with E-state index in [0.717, 1.165) is 29.4 Å². The summed E-state index contributed by atoms with van der Waals surface area (Å²) < 4.78 is 2.11. The first-order chi connectivity index (χ1) is 15.0. The number of aromatic nitrogens is 5. The third-order valence-electron chi connectivity index (χ3n) is 6.51. The summed E-state index contributed by atoms with van der Waals surface area (Å²) in [6.45, 7) is 8.88. The van der Waals surface area contributed by atoms with E-state index in [-0.39, 0.29) is 11.8 Å². The molecule has 2 atom stereocenters. The Morgan fingerprint density at radius 2 is 2.06 bits per heavy atom. The number of thiazole rings is 1. The summed E-state index contributed by atoms with van der Waals surface area (Å²) >= 11 is 1.63. The minimum absolute atomic E-state index is 0.00553. The molecule has 3 aromatic heterocycles. The maximum atomic E-state index is 13.8. The molecule has 3 aromatic rings. The second kappa shape index (κ2) is 7.71. The lowest BCUT2D eigenvalue weighted by Gasteiger charge is -2.27. The Balaban J connectivity index is 1.47. The lowest BCUT2D eigenvalue weighted by Crippen LogP contribution is -2.39. The van der Waals surface area contributed by atoms with Crippen molar-refractivity contribution in [3.8, 4) is 0 Å². The molecule has 0 bridgehead atoms. The fraction of sp³-hybridized carbons (Fsp3) is 0.500. The zero-order valence-corrected chi connectivity index (χ0v) is 18.9. The van der Waals surface area contributed by atoms with Crippen molar-refractivity contribution in [2.24, 2.45) is 5.41 Å². The highest BCUT2D eigenvalue weighted by Crippen LogP contribution is 2.50. The number of likely N-dealkylation sites (tertiary alicyclic amines) is 1. The fourth-order valence-electron chi connectivity index (χ4n) is 4.86. The summed E-state index contributed by atoms with van der Waals surface area (Å²) in [5.74, 6) is 0.876. The maximum absolute atomic E-state index is 13.8. The molecule has 8 nitrogen and oxygen atoms in total. The van der Waals surface area contributed by atoms with Crippen LogP contribution < -0.4 is 4.90 Å². The van der Waals surface area contributed by atoms with Gasteiger partial charge in [0.05, 0.1) is 34.7 Å². The third-order valence-corrected chi connectivity index (χ3v) is 7.34. The highest BCUT2D eigenvalue weighted by Gasteiger charge is 2.58. The van der Waals surface area contributed by atoms with Crippen LogP contribution in [0.4, 0.5) is 5.95 Å². The number of rotatable bonds is 5. The predicted molar refractivity (Wildman–Crippen MR) is 119 cm³/mol. The number of imidazole rings is 1. The van der Waals surface area contributed by atoms with Gasteiger partial charge in [-0.2, -0.15) is 0 Å². The van der Waals surface area contributed by atoms with Gasteiger partial charge in [0.25, 0.3) is 0 Å². The topological polar surface area (TPSA) is 80.0 Å². The molecule has 0 aliphatic carbocycles. The second-order valence-electron chi connectivity index (χ2n) is 8.81. The van der Waals surface area contributed by atoms with E-state index in [9.17, 15) is 4.79 Å². The summed E-state index contributed by atoms with van der Waals surface area (Å²) in [6.07, 6.45) is 8.29. The summed E-state index contributed by atoms with van der Waals surface area (Å²) in [6, 6.07) is 2.14. The van der Waals surface area contributed by atoms with Gasteiger partial charge in [-0.05, 0) is 33.3 Å². The van der Waals surface area contributed by atoms with Crippen LogP contribution in [0.25, 0.3) is 0 Å². The minimum atomic E-state index is -0.513. The standard InChI is InChI=1S/C22H27N7OS/c1-15(2)29-11-19(25-14-29)18-10-28(21-23-6-4-7-24-21)13-22(18)5-8-27(20(22)30)9-17-12-31-16(3)26-17/h4,6-7,11-12,14-15,18H,5,8-10,13H2,1-3H3/t18-,22+/m1/s1. The van der Waals surface area contributed by atoms with Gasteiger partial charge in [-0.15, -0.1) is 11.3 Å². The van der Waals surface area contributed by atoms with Crippen LogP contribution in [0.2, 0.25) is 0 Å². The average molecular weight is 438 g/mol. The summed E-state index contributed by atoms with van der Waals surface area (Å²) in [4.78, 5) is 36.1. The lowest BCUT2D eigenvalue weighted by molar-refractivity contribution is -0.136. The van der Waals surface area contributed by atoms with E-state index in [1.807, 2.05) is 29.6 Å². The first-order valence-electron chi connectivity index (χ1n) is 10.7. The smallest absolute Gasteiger partial charge is 0.231 e. The van der Waals surface area contributed by atoms with Crippen molar-refractivity contribution < 1.29 is 4.79 Å². The molecule has 0 saturated carbocycles. The van der Waals surface area contributed by atoms with E-state index >= 15 is 0 Å². The number of nitrogens with zero attached hydrogens (tertiary/aromatic N) is 7. The minimum Gasteiger partial charge on any atom is -0.339 e. The summed E-state index contributed by atoms with van der Waals surface area (Å²) in [7, 11) is 0. The van der Waals surface area contributed by atoms with Crippen LogP contribution in [0.3, 0.4) is 0 Å². The molecule has 2 aliphatic heterocycles. The Kier molecular flexibility index (Phi) is 5.00. The Morgan fingerprint density at radius 3 is 2.74 bits per heavy atom. The van der Waals surface area contributed by atoms with Gasteiger partial charge in [0.2, 0.25) is 11.9 Å². The van der Waals surface area contributed by atoms with Crippen molar-refractivity contribution in [2.45, 2.75) is 45.7 Å². The van der Waals surface area contributed by atoms with Crippen LogP contribution in [-0.2, 0) is 11.3 Å². The fourth-order valence-corrected chi connectivity index (χ4v) is 5.47. The normalized spacial score (nSPS) is 23.6. The van der Waals surface area contributed by atoms with Crippen molar-refractivity contribution in [1.29, 1.82) is 0 Å². The number of hydrogen-bond acceptors (Lipinski definition) is 7. The number of hydrogen-bond donors (Lipinski definition) is 0. The van der Waals surface area contributed by atoms with E-state index in [1.54, 1.807) is 23.7 Å². The van der Waals surface area contributed by atoms with Gasteiger partial charge in [-0.3, -0.25) is 4.79 Å². The van der Waals surface area contributed by atoms with Crippen molar-refractivity contribution in [2.75, 3.05) is 24.5 Å². The Labute approximate surface area is 186 Å². The highest BCUT2D eigenvalue weighted by molar-refractivity contribution is 7.09. The van der Waals surface area contributed by atoms with Crippen molar-refractivity contribution in [3.63, 3.8) is 0 Å². The van der Waals surface area contributed by atoms with Crippen molar-refractivity contribution in [1.82, 2.24) is 29.4 Å². The SMILES string of the molecule is Cc1nc(CN2CC[C@@]3(CN(c4ncccn4)C[C@@H]3c3cn(C(C)C)cn3)C2=O)cs1. The lowest BCUT2D eigenvalue weighted by atomic mass is 9.75. The quantitative estimate of drug-likeness (QED) is 0.610. The maximum Gasteiger partial charge on any atom is 0.231 e. The van der Waals surface area contributed by atoms with Gasteiger partial charge >= 0.3 is 0 Å². The Bertz CT molecular complexity index is 1080. The van der Waals surface area contributed by atoms with Gasteiger partial charge < -0.3 is 14.4 Å². The van der Waals surface area contributed by atoms with Crippen LogP contribution in [-0.4, -0.2) is 54.9 Å². The van der Waals surface area contributed by atoms with Crippen LogP contribution in [0.15, 0.2) is 36.4 Å². The van der Waals surface area contributed by atoms with E-state index in [1.165, 1.54) is 0 Å². The zero-order chi connectivity index (χ0) is 21.6. The molecule has 31 heavy (non-hydrogen) atoms. The van der Waals surface area contributed by atoms with Gasteiger partial charge in [0, 0.05) is 55.6 Å². The molecule has 0 radical (unpaired) electrons. The predicted octanol–water partition coefficient (Wildman–Crippen LogP) is 3.04. The van der Waals surface area contributed by atoms with Crippen LogP contribution in [0, 0.1) is 12.3 Å². The van der Waals surface area contributed by atoms with Crippen molar-refractivity contribution in [3.05, 3.63) is 52.8 Å². The number of carbonyl (C=O) groups excluding carboxylic acids is 1. The molecule has 5 heterocycles. The van der Waals surface area contributed by atoms with Gasteiger partial charge in [-0.25, -0.2) is 19.9 Å². The first kappa shape index (κ1) is 20.1. The molecule has 9 heteroatoms. The molecule has 2 fully saturated rings. The monoisotopic (exact) mass is 437 g/mol. The van der Waals surface area contributed by atoms with Crippen molar-refractivity contribution >= 4 is 23.2 Å². The molecule has 5 rings (SSSR count). The summed E-state index contributed by atoms with van der Waals surface area (Å²) in [5, 5.41) is 3.08. The number of carbonyl (C=O) groups is 1. The van der Waals surface area contributed by atoms with E-state index in [2.05, 4.69) is 44.5 Å². The Morgan fingerprint density at radius 1 is 1.26 bits per heavy atom. The Hall–Kier alpha value is -2.81. The number of anilines is 1. The average Bonchev–Trinajstić information content (AvgIpc) is 3.54. The van der Waals surface area contributed by atoms with E-state index in [0.29, 0.717) is 31.6 Å². The molecular weight excluding hydrogens is 410 g/mol. The molecule has 0 aromatic carbocycles. The zero-order valence-electron chi connectivity index (χ0n) is 18.1. The number of amides is 1. The third kappa shape index (κ3) is 3.50. The molecule has 0 N–H and O–H groups in total. The second-order valence-corrected chi connectivity index (χ2v) is 9.87. The van der Waals surface area contributed by atoms with Gasteiger partial charge in [0.15, 0.2) is 0 Å². The van der Waals surface area contributed by atoms with E-state index < -0.39 is 5.41 Å². The van der Waals surface area contributed by atoms with E-state index in [4.69, 9.17) is 4.98 Å². The molecule has 2 saturated heterocycles. The van der Waals surface area contributed by atoms with Crippen LogP contribution in [0.1, 0.15) is 48.6 Å². The highest BCUT2D eigenvalue weighted by atomic mass is 32.1. The van der Waals surface area contributed by atoms with Gasteiger partial charge in [-0.1, -0.05) is 0 Å². The summed E-state index contributed by atoms with van der Waals surface area (Å²) in [5.41, 5.74) is 1.43. The van der Waals surface area contributed by atoms with Gasteiger partial charge in [0.1, 0.15) is 0 Å². The largest absolute Gasteiger partial charge is 0.339 e. The molecule has 2 aliphatic rings. The van der Waals surface area contributed by atoms with Crippen LogP contribution >= 0.6 is 11.3 Å². The molecular formula is C22H27N7OS. The molecule has 1 spiro atoms. The molecule has 162 valence electrons.